The van der Waals surface area contributed by atoms with E-state index < -0.39 is 0 Å². The molecule has 1 atom stereocenters. The highest BCUT2D eigenvalue weighted by Gasteiger charge is 2.32. The third kappa shape index (κ3) is 9.80. The zero-order valence-electron chi connectivity index (χ0n) is 34.6. The largest absolute Gasteiger partial charge is 0.497 e. The summed E-state index contributed by atoms with van der Waals surface area (Å²) in [6.07, 6.45) is 12.1. The maximum absolute atomic E-state index is 14.5. The molecule has 58 heavy (non-hydrogen) atoms. The van der Waals surface area contributed by atoms with Crippen LogP contribution in [0.15, 0.2) is 77.8 Å². The lowest BCUT2D eigenvalue weighted by atomic mass is 9.81. The number of aromatic nitrogens is 2. The summed E-state index contributed by atoms with van der Waals surface area (Å²) in [5, 5.41) is 13.4. The van der Waals surface area contributed by atoms with Gasteiger partial charge in [-0.2, -0.15) is 17.8 Å². The van der Waals surface area contributed by atoms with Crippen LogP contribution < -0.4 is 15.5 Å². The molecule has 14 heteroatoms. The van der Waals surface area contributed by atoms with Gasteiger partial charge in [-0.25, -0.2) is 9.79 Å². The number of rotatable bonds is 16. The topological polar surface area (TPSA) is 134 Å². The molecule has 310 valence electrons. The zero-order valence-corrected chi connectivity index (χ0v) is 36.4. The Labute approximate surface area is 353 Å². The van der Waals surface area contributed by atoms with Crippen LogP contribution in [-0.2, 0) is 20.4 Å². The Balaban J connectivity index is 0.00000641. The van der Waals surface area contributed by atoms with Gasteiger partial charge in [0.05, 0.1) is 36.7 Å². The number of allylic oxidation sites excluding steroid dienone is 1. The van der Waals surface area contributed by atoms with Crippen molar-refractivity contribution in [1.29, 1.82) is 5.41 Å². The second-order valence-electron chi connectivity index (χ2n) is 15.0. The molecule has 4 aromatic rings. The van der Waals surface area contributed by atoms with Crippen molar-refractivity contribution in [2.75, 3.05) is 39.7 Å². The van der Waals surface area contributed by atoms with E-state index in [0.717, 1.165) is 83.1 Å². The van der Waals surface area contributed by atoms with E-state index in [4.69, 9.17) is 19.2 Å². The fourth-order valence-corrected chi connectivity index (χ4v) is 8.05. The van der Waals surface area contributed by atoms with Crippen LogP contribution in [0.25, 0.3) is 28.2 Å². The van der Waals surface area contributed by atoms with Crippen LogP contribution >= 0.6 is 25.7 Å². The summed E-state index contributed by atoms with van der Waals surface area (Å²) in [4.78, 5) is 34.1. The molecule has 0 radical (unpaired) electrons. The molecule has 12 nitrogen and oxygen atoms in total. The summed E-state index contributed by atoms with van der Waals surface area (Å²) < 4.78 is 21.0. The van der Waals surface area contributed by atoms with E-state index in [0.29, 0.717) is 42.6 Å². The van der Waals surface area contributed by atoms with Crippen LogP contribution in [0.4, 0.5) is 5.69 Å². The van der Waals surface area contributed by atoms with Crippen LogP contribution in [-0.4, -0.2) is 83.3 Å². The molecule has 2 aromatic carbocycles. The minimum Gasteiger partial charge on any atom is -0.497 e. The number of hydrogen-bond donors (Lipinski definition) is 3. The van der Waals surface area contributed by atoms with Crippen LogP contribution in [0.2, 0.25) is 0 Å². The van der Waals surface area contributed by atoms with Crippen LogP contribution in [0.5, 0.6) is 5.75 Å². The van der Waals surface area contributed by atoms with E-state index in [-0.39, 0.29) is 43.0 Å². The Morgan fingerprint density at radius 1 is 1.05 bits per heavy atom. The van der Waals surface area contributed by atoms with E-state index in [1.807, 2.05) is 75.4 Å². The number of hydrogen-bond acceptors (Lipinski definition) is 10. The Kier molecular flexibility index (Phi) is 15.6. The van der Waals surface area contributed by atoms with Crippen LogP contribution in [0.1, 0.15) is 87.2 Å². The second kappa shape index (κ2) is 20.4. The number of fused-ring (bicyclic) bond motifs is 5. The number of benzene rings is 2. The zero-order chi connectivity index (χ0) is 40.6. The standard InChI is InChI=1S/C44H55N7O5S.H2S/c1-8-50(26-29(4)54-6)44(53)38(25-45)41(47-34-18-20-46-21-19-34)33-22-32-23-35(55-7)15-17-36(32)42-40(30-12-10-9-11-13-30)37-16-14-31(24-39(37)51(42)27-33)43(52)48-56-57-49(5)28(2)3;/h14-25,28-30,45H,8-13,26-27H2,1-7H3,(H,46,47)(H,48,52);1H2/b41-38+,45-25?;/t29-;/m1./s1. The molecule has 0 unspecified atom stereocenters. The fraction of sp³-hybridized carbons (Fsp3) is 0.409. The minimum atomic E-state index is -0.354. The molecule has 0 saturated heterocycles. The highest BCUT2D eigenvalue weighted by molar-refractivity contribution is 7.92. The van der Waals surface area contributed by atoms with Crippen molar-refractivity contribution < 1.29 is 23.3 Å². The summed E-state index contributed by atoms with van der Waals surface area (Å²) in [5.74, 6) is 0.385. The van der Waals surface area contributed by atoms with E-state index in [1.54, 1.807) is 31.5 Å². The number of pyridine rings is 1. The average molecular weight is 828 g/mol. The first kappa shape index (κ1) is 44.5. The molecule has 2 aromatic heterocycles. The third-order valence-corrected chi connectivity index (χ3v) is 11.8. The molecule has 0 bridgehead atoms. The molecular weight excluding hydrogens is 771 g/mol. The van der Waals surface area contributed by atoms with E-state index in [9.17, 15) is 9.59 Å². The molecule has 3 heterocycles. The fourth-order valence-electron chi connectivity index (χ4n) is 7.65. The number of anilines is 1. The first-order valence-corrected chi connectivity index (χ1v) is 20.4. The van der Waals surface area contributed by atoms with Gasteiger partial charge in [-0.15, -0.1) is 0 Å². The highest BCUT2D eigenvalue weighted by atomic mass is 32.2. The second-order valence-corrected chi connectivity index (χ2v) is 15.8. The van der Waals surface area contributed by atoms with Crippen molar-refractivity contribution in [3.63, 3.8) is 0 Å². The normalized spacial score (nSPS) is 15.0. The molecule has 1 fully saturated rings. The number of likely N-dealkylation sites (N-methyl/N-ethyl adjacent to an activating group) is 1. The summed E-state index contributed by atoms with van der Waals surface area (Å²) in [7, 11) is 5.19. The summed E-state index contributed by atoms with van der Waals surface area (Å²) in [5.41, 5.74) is 10.5. The van der Waals surface area contributed by atoms with Gasteiger partial charge in [-0.3, -0.25) is 14.6 Å². The maximum Gasteiger partial charge on any atom is 0.275 e. The number of nitrogens with zero attached hydrogens (tertiary/aromatic N) is 4. The lowest BCUT2D eigenvalue weighted by Crippen LogP contribution is -2.39. The number of amides is 2. The quantitative estimate of drug-likeness (QED) is 0.0334. The highest BCUT2D eigenvalue weighted by Crippen LogP contribution is 2.47. The van der Waals surface area contributed by atoms with Gasteiger partial charge in [0.2, 0.25) is 0 Å². The lowest BCUT2D eigenvalue weighted by Gasteiger charge is -2.26. The number of methoxy groups -OCH3 is 2. The van der Waals surface area contributed by atoms with Crippen molar-refractivity contribution in [2.24, 2.45) is 0 Å². The number of carbonyl (C=O) groups excluding carboxylic acids is 2. The van der Waals surface area contributed by atoms with Gasteiger partial charge >= 0.3 is 0 Å². The molecule has 2 aliphatic rings. The van der Waals surface area contributed by atoms with E-state index in [1.165, 1.54) is 12.0 Å². The molecule has 1 aliphatic heterocycles. The van der Waals surface area contributed by atoms with Crippen LogP contribution in [0, 0.1) is 5.41 Å². The van der Waals surface area contributed by atoms with Crippen molar-refractivity contribution in [2.45, 2.75) is 84.4 Å². The first-order valence-electron chi connectivity index (χ1n) is 19.7. The molecule has 2 amide bonds. The number of ether oxygens (including phenoxy) is 2. The molecule has 0 spiro atoms. The van der Waals surface area contributed by atoms with E-state index >= 15 is 0 Å². The Hall–Kier alpha value is -4.60. The van der Waals surface area contributed by atoms with Gasteiger partial charge in [0, 0.05) is 72.6 Å². The summed E-state index contributed by atoms with van der Waals surface area (Å²) in [6, 6.07) is 15.9. The first-order chi connectivity index (χ1) is 27.6. The van der Waals surface area contributed by atoms with Gasteiger partial charge in [0.1, 0.15) is 18.0 Å². The van der Waals surface area contributed by atoms with Crippen molar-refractivity contribution in [1.82, 2.24) is 24.2 Å². The van der Waals surface area contributed by atoms with Crippen molar-refractivity contribution in [3.8, 4) is 17.0 Å². The SMILES string of the molecule is CCN(C[C@@H](C)OC)C(=O)/C(C=N)=C(/Nc1ccncc1)C1=Cc2cc(OC)ccc2-c2c(C3CCCCC3)c3ccc(C(=O)NOSN(C)C(C)C)cc3n2C1.S. The Bertz CT molecular complexity index is 2150. The number of hydroxylamine groups is 1. The lowest BCUT2D eigenvalue weighted by molar-refractivity contribution is -0.127. The number of nitrogens with one attached hydrogen (secondary N) is 3. The van der Waals surface area contributed by atoms with Crippen molar-refractivity contribution >= 4 is 66.4 Å². The van der Waals surface area contributed by atoms with Gasteiger partial charge in [-0.1, -0.05) is 25.3 Å². The molecule has 6 rings (SSSR count). The predicted molar refractivity (Wildman–Crippen MR) is 240 cm³/mol. The average Bonchev–Trinajstić information content (AvgIpc) is 3.45. The van der Waals surface area contributed by atoms with Gasteiger partial charge < -0.3 is 29.7 Å². The van der Waals surface area contributed by atoms with E-state index in [2.05, 4.69) is 38.6 Å². The van der Waals surface area contributed by atoms with Crippen LogP contribution in [0.3, 0.4) is 0 Å². The maximum atomic E-state index is 14.5. The third-order valence-electron chi connectivity index (χ3n) is 11.0. The summed E-state index contributed by atoms with van der Waals surface area (Å²) >= 11 is 1.08. The smallest absolute Gasteiger partial charge is 0.275 e. The molecule has 1 saturated carbocycles. The molecule has 3 N–H and O–H groups in total. The molecule has 1 aliphatic carbocycles. The Morgan fingerprint density at radius 2 is 1.79 bits per heavy atom. The monoisotopic (exact) mass is 827 g/mol. The number of carbonyl (C=O) groups is 2. The summed E-state index contributed by atoms with van der Waals surface area (Å²) in [6.45, 7) is 9.07. The molecular formula is C44H57N7O5S2. The minimum absolute atomic E-state index is 0. The Morgan fingerprint density at radius 3 is 2.45 bits per heavy atom. The predicted octanol–water partition coefficient (Wildman–Crippen LogP) is 8.73. The van der Waals surface area contributed by atoms with Crippen molar-refractivity contribution in [3.05, 3.63) is 94.5 Å². The van der Waals surface area contributed by atoms with Gasteiger partial charge in [0.25, 0.3) is 11.8 Å². The van der Waals surface area contributed by atoms with Gasteiger partial charge in [0.15, 0.2) is 0 Å². The van der Waals surface area contributed by atoms with Gasteiger partial charge in [-0.05, 0) is 119 Å².